The van der Waals surface area contributed by atoms with E-state index in [4.69, 9.17) is 0 Å². The van der Waals surface area contributed by atoms with Gasteiger partial charge in [0.2, 0.25) is 11.9 Å². The van der Waals surface area contributed by atoms with Crippen molar-refractivity contribution < 1.29 is 22.7 Å². The SMILES string of the molecule is Cn1c(Nc2nc3ccc(OC(F)(F)F)cc3[nH]2)nc2cc(C=O)ccc21. The molecule has 0 bridgehead atoms. The zero-order chi connectivity index (χ0) is 19.2. The summed E-state index contributed by atoms with van der Waals surface area (Å²) in [6.45, 7) is 0. The molecule has 0 saturated carbocycles. The summed E-state index contributed by atoms with van der Waals surface area (Å²) < 4.78 is 42.7. The number of carbonyl (C=O) groups is 1. The number of hydrogen-bond donors (Lipinski definition) is 2. The minimum absolute atomic E-state index is 0.308. The van der Waals surface area contributed by atoms with Crippen LogP contribution >= 0.6 is 0 Å². The van der Waals surface area contributed by atoms with Crippen molar-refractivity contribution in [3.63, 3.8) is 0 Å². The lowest BCUT2D eigenvalue weighted by molar-refractivity contribution is -0.274. The number of fused-ring (bicyclic) bond motifs is 2. The van der Waals surface area contributed by atoms with E-state index in [-0.39, 0.29) is 5.75 Å². The van der Waals surface area contributed by atoms with Gasteiger partial charge in [0.25, 0.3) is 0 Å². The lowest BCUT2D eigenvalue weighted by atomic mass is 10.2. The Balaban J connectivity index is 1.66. The minimum atomic E-state index is -4.76. The van der Waals surface area contributed by atoms with Crippen LogP contribution in [0.15, 0.2) is 36.4 Å². The normalized spacial score (nSPS) is 11.9. The number of aryl methyl sites for hydroxylation is 1. The zero-order valence-electron chi connectivity index (χ0n) is 13.8. The smallest absolute Gasteiger partial charge is 0.406 e. The zero-order valence-corrected chi connectivity index (χ0v) is 13.8. The van der Waals surface area contributed by atoms with E-state index in [0.29, 0.717) is 34.0 Å². The van der Waals surface area contributed by atoms with Crippen LogP contribution in [-0.4, -0.2) is 32.2 Å². The molecular formula is C17H12F3N5O2. The maximum atomic E-state index is 12.3. The fourth-order valence-electron chi connectivity index (χ4n) is 2.75. The second-order valence-electron chi connectivity index (χ2n) is 5.80. The standard InChI is InChI=1S/C17H12F3N5O2/c1-25-14-5-2-9(8-26)6-13(14)23-16(25)24-15-21-11-4-3-10(7-12(11)22-15)27-17(18,19)20/h2-8H,1H3,(H2,21,22,23,24). The Hall–Kier alpha value is -3.56. The van der Waals surface area contributed by atoms with Crippen molar-refractivity contribution in [2.24, 2.45) is 7.05 Å². The molecule has 0 spiro atoms. The Morgan fingerprint density at radius 2 is 1.96 bits per heavy atom. The van der Waals surface area contributed by atoms with Gasteiger partial charge >= 0.3 is 6.36 Å². The highest BCUT2D eigenvalue weighted by Crippen LogP contribution is 2.27. The van der Waals surface area contributed by atoms with E-state index in [0.717, 1.165) is 11.8 Å². The van der Waals surface area contributed by atoms with Crippen molar-refractivity contribution in [1.29, 1.82) is 0 Å². The number of rotatable bonds is 4. The summed E-state index contributed by atoms with van der Waals surface area (Å²) >= 11 is 0. The van der Waals surface area contributed by atoms with E-state index in [1.54, 1.807) is 29.8 Å². The van der Waals surface area contributed by atoms with Gasteiger partial charge in [-0.15, -0.1) is 13.2 Å². The molecule has 10 heteroatoms. The van der Waals surface area contributed by atoms with Crippen molar-refractivity contribution in [2.75, 3.05) is 5.32 Å². The number of carbonyl (C=O) groups excluding carboxylic acids is 1. The summed E-state index contributed by atoms with van der Waals surface area (Å²) in [5.41, 5.74) is 2.78. The molecule has 138 valence electrons. The number of aromatic nitrogens is 4. The monoisotopic (exact) mass is 375 g/mol. The van der Waals surface area contributed by atoms with Gasteiger partial charge in [-0.05, 0) is 30.3 Å². The first-order valence-electron chi connectivity index (χ1n) is 7.76. The number of nitrogens with one attached hydrogen (secondary N) is 2. The number of halogens is 3. The van der Waals surface area contributed by atoms with E-state index >= 15 is 0 Å². The highest BCUT2D eigenvalue weighted by atomic mass is 19.4. The third kappa shape index (κ3) is 3.28. The van der Waals surface area contributed by atoms with Crippen LogP contribution in [0.5, 0.6) is 5.75 Å². The molecule has 4 aromatic rings. The summed E-state index contributed by atoms with van der Waals surface area (Å²) in [5, 5.41) is 2.99. The maximum absolute atomic E-state index is 12.3. The van der Waals surface area contributed by atoms with Gasteiger partial charge < -0.3 is 14.3 Å². The van der Waals surface area contributed by atoms with E-state index in [2.05, 4.69) is 25.0 Å². The Bertz CT molecular complexity index is 1160. The molecule has 4 rings (SSSR count). The van der Waals surface area contributed by atoms with E-state index < -0.39 is 6.36 Å². The number of H-pyrrole nitrogens is 1. The summed E-state index contributed by atoms with van der Waals surface area (Å²) in [5.74, 6) is 0.427. The van der Waals surface area contributed by atoms with Gasteiger partial charge in [-0.25, -0.2) is 9.97 Å². The van der Waals surface area contributed by atoms with Crippen LogP contribution in [-0.2, 0) is 7.05 Å². The van der Waals surface area contributed by atoms with Crippen molar-refractivity contribution >= 4 is 40.2 Å². The van der Waals surface area contributed by atoms with Gasteiger partial charge in [0.15, 0.2) is 0 Å². The summed E-state index contributed by atoms with van der Waals surface area (Å²) in [4.78, 5) is 22.5. The average Bonchev–Trinajstić information content (AvgIpc) is 3.13. The van der Waals surface area contributed by atoms with Crippen molar-refractivity contribution in [2.45, 2.75) is 6.36 Å². The van der Waals surface area contributed by atoms with Crippen LogP contribution in [0.25, 0.3) is 22.1 Å². The molecule has 0 radical (unpaired) electrons. The van der Waals surface area contributed by atoms with Gasteiger partial charge in [0.1, 0.15) is 12.0 Å². The number of aromatic amines is 1. The molecule has 0 saturated heterocycles. The number of anilines is 2. The van der Waals surface area contributed by atoms with Crippen molar-refractivity contribution in [1.82, 2.24) is 19.5 Å². The quantitative estimate of drug-likeness (QED) is 0.529. The fourth-order valence-corrected chi connectivity index (χ4v) is 2.75. The number of aldehydes is 1. The number of benzene rings is 2. The van der Waals surface area contributed by atoms with Gasteiger partial charge in [0.05, 0.1) is 22.1 Å². The third-order valence-corrected chi connectivity index (χ3v) is 3.96. The fraction of sp³-hybridized carbons (Fsp3) is 0.118. The predicted molar refractivity (Wildman–Crippen MR) is 92.2 cm³/mol. The van der Waals surface area contributed by atoms with Crippen molar-refractivity contribution in [3.8, 4) is 5.75 Å². The number of nitrogens with zero attached hydrogens (tertiary/aromatic N) is 3. The molecule has 2 aromatic heterocycles. The molecule has 27 heavy (non-hydrogen) atoms. The van der Waals surface area contributed by atoms with Gasteiger partial charge in [-0.1, -0.05) is 0 Å². The van der Waals surface area contributed by atoms with Crippen LogP contribution in [0.2, 0.25) is 0 Å². The lowest BCUT2D eigenvalue weighted by Crippen LogP contribution is -2.16. The average molecular weight is 375 g/mol. The lowest BCUT2D eigenvalue weighted by Gasteiger charge is -2.07. The first-order chi connectivity index (χ1) is 12.8. The highest BCUT2D eigenvalue weighted by molar-refractivity contribution is 5.87. The highest BCUT2D eigenvalue weighted by Gasteiger charge is 2.31. The maximum Gasteiger partial charge on any atom is 0.573 e. The molecule has 0 aliphatic carbocycles. The molecule has 2 N–H and O–H groups in total. The first kappa shape index (κ1) is 16.9. The van der Waals surface area contributed by atoms with Crippen LogP contribution in [0, 0.1) is 0 Å². The van der Waals surface area contributed by atoms with Gasteiger partial charge in [0, 0.05) is 18.7 Å². The number of hydrogen-bond acceptors (Lipinski definition) is 5. The molecule has 2 heterocycles. The second kappa shape index (κ2) is 6.01. The molecule has 0 unspecified atom stereocenters. The molecule has 7 nitrogen and oxygen atoms in total. The molecule has 0 fully saturated rings. The molecule has 0 amide bonds. The topological polar surface area (TPSA) is 84.8 Å². The van der Waals surface area contributed by atoms with E-state index in [1.807, 2.05) is 0 Å². The summed E-state index contributed by atoms with van der Waals surface area (Å²) in [7, 11) is 1.79. The molecule has 2 aromatic carbocycles. The van der Waals surface area contributed by atoms with Gasteiger partial charge in [-0.2, -0.15) is 0 Å². The minimum Gasteiger partial charge on any atom is -0.406 e. The van der Waals surface area contributed by atoms with Crippen LogP contribution in [0.1, 0.15) is 10.4 Å². The summed E-state index contributed by atoms with van der Waals surface area (Å²) in [6, 6.07) is 8.94. The van der Waals surface area contributed by atoms with Crippen LogP contribution in [0.4, 0.5) is 25.1 Å². The Labute approximate surface area is 149 Å². The Kier molecular flexibility index (Phi) is 3.76. The van der Waals surface area contributed by atoms with Gasteiger partial charge in [-0.3, -0.25) is 10.1 Å². The second-order valence-corrected chi connectivity index (χ2v) is 5.80. The van der Waals surface area contributed by atoms with E-state index in [1.165, 1.54) is 18.2 Å². The summed E-state index contributed by atoms with van der Waals surface area (Å²) in [6.07, 6.45) is -4.02. The number of alkyl halides is 3. The van der Waals surface area contributed by atoms with E-state index in [9.17, 15) is 18.0 Å². The number of imidazole rings is 2. The Morgan fingerprint density at radius 1 is 1.15 bits per heavy atom. The largest absolute Gasteiger partial charge is 0.573 e. The van der Waals surface area contributed by atoms with Crippen LogP contribution < -0.4 is 10.1 Å². The number of ether oxygens (including phenoxy) is 1. The molecule has 0 aliphatic rings. The molecular weight excluding hydrogens is 363 g/mol. The molecule has 0 atom stereocenters. The van der Waals surface area contributed by atoms with Crippen LogP contribution in [0.3, 0.4) is 0 Å². The predicted octanol–water partition coefficient (Wildman–Crippen LogP) is 3.90. The molecule has 0 aliphatic heterocycles. The first-order valence-corrected chi connectivity index (χ1v) is 7.76. The van der Waals surface area contributed by atoms with Crippen molar-refractivity contribution in [3.05, 3.63) is 42.0 Å². The third-order valence-electron chi connectivity index (χ3n) is 3.96. The Morgan fingerprint density at radius 3 is 2.70 bits per heavy atom.